The number of rotatable bonds is 8. The lowest BCUT2D eigenvalue weighted by Gasteiger charge is -2.07. The molecule has 1 aromatic carbocycles. The fourth-order valence-corrected chi connectivity index (χ4v) is 2.89. The SMILES string of the molecule is O=C(O)CCNC(=O)NCCCS(=O)(=O)c1ccccc1. The Morgan fingerprint density at radius 1 is 1.05 bits per heavy atom. The zero-order valence-corrected chi connectivity index (χ0v) is 12.2. The standard InChI is InChI=1S/C13H18N2O5S/c16-12(17)7-9-15-13(18)14-8-4-10-21(19,20)11-5-2-1-3-6-11/h1-3,5-6H,4,7-10H2,(H,16,17)(H2,14,15,18). The highest BCUT2D eigenvalue weighted by Crippen LogP contribution is 2.10. The van der Waals surface area contributed by atoms with Crippen molar-refractivity contribution >= 4 is 21.8 Å². The maximum absolute atomic E-state index is 11.9. The Balaban J connectivity index is 2.25. The lowest BCUT2D eigenvalue weighted by Crippen LogP contribution is -2.37. The summed E-state index contributed by atoms with van der Waals surface area (Å²) in [5.41, 5.74) is 0. The second kappa shape index (κ2) is 8.25. The van der Waals surface area contributed by atoms with E-state index in [1.807, 2.05) is 0 Å². The maximum atomic E-state index is 11.9. The molecular weight excluding hydrogens is 296 g/mol. The lowest BCUT2D eigenvalue weighted by molar-refractivity contribution is -0.136. The first kappa shape index (κ1) is 17.0. The Morgan fingerprint density at radius 3 is 2.29 bits per heavy atom. The smallest absolute Gasteiger partial charge is 0.314 e. The summed E-state index contributed by atoms with van der Waals surface area (Å²) < 4.78 is 23.9. The van der Waals surface area contributed by atoms with Crippen molar-refractivity contribution in [3.63, 3.8) is 0 Å². The molecule has 1 aromatic rings. The van der Waals surface area contributed by atoms with Gasteiger partial charge in [0.05, 0.1) is 17.1 Å². The fourth-order valence-electron chi connectivity index (χ4n) is 1.56. The van der Waals surface area contributed by atoms with E-state index in [1.165, 1.54) is 12.1 Å². The number of carboxylic acids is 1. The van der Waals surface area contributed by atoms with Crippen molar-refractivity contribution in [2.75, 3.05) is 18.8 Å². The van der Waals surface area contributed by atoms with Crippen LogP contribution in [0.2, 0.25) is 0 Å². The summed E-state index contributed by atoms with van der Waals surface area (Å²) in [5.74, 6) is -1.06. The van der Waals surface area contributed by atoms with Crippen LogP contribution in [0, 0.1) is 0 Å². The van der Waals surface area contributed by atoms with Crippen molar-refractivity contribution in [2.24, 2.45) is 0 Å². The van der Waals surface area contributed by atoms with Gasteiger partial charge in [-0.05, 0) is 18.6 Å². The molecule has 0 saturated carbocycles. The number of benzene rings is 1. The molecule has 0 aliphatic heterocycles. The van der Waals surface area contributed by atoms with Gasteiger partial charge in [0, 0.05) is 13.1 Å². The number of hydrogen-bond acceptors (Lipinski definition) is 4. The molecular formula is C13H18N2O5S. The number of carbonyl (C=O) groups excluding carboxylic acids is 1. The van der Waals surface area contributed by atoms with E-state index in [0.717, 1.165) is 0 Å². The van der Waals surface area contributed by atoms with Gasteiger partial charge in [-0.1, -0.05) is 18.2 Å². The van der Waals surface area contributed by atoms with Crippen LogP contribution in [0.25, 0.3) is 0 Å². The van der Waals surface area contributed by atoms with E-state index in [0.29, 0.717) is 0 Å². The number of amides is 2. The lowest BCUT2D eigenvalue weighted by atomic mass is 10.4. The number of nitrogens with one attached hydrogen (secondary N) is 2. The second-order valence-corrected chi connectivity index (χ2v) is 6.42. The zero-order chi connectivity index (χ0) is 15.7. The molecule has 3 N–H and O–H groups in total. The summed E-state index contributed by atoms with van der Waals surface area (Å²) in [5, 5.41) is 13.2. The third-order valence-corrected chi connectivity index (χ3v) is 4.42. The fraction of sp³-hybridized carbons (Fsp3) is 0.385. The number of carboxylic acid groups (broad SMARTS) is 1. The minimum Gasteiger partial charge on any atom is -0.481 e. The van der Waals surface area contributed by atoms with Gasteiger partial charge in [-0.25, -0.2) is 13.2 Å². The average molecular weight is 314 g/mol. The van der Waals surface area contributed by atoms with E-state index < -0.39 is 21.8 Å². The molecule has 0 aromatic heterocycles. The van der Waals surface area contributed by atoms with Crippen LogP contribution in [0.4, 0.5) is 4.79 Å². The van der Waals surface area contributed by atoms with Gasteiger partial charge >= 0.3 is 12.0 Å². The molecule has 1 rings (SSSR count). The topological polar surface area (TPSA) is 113 Å². The molecule has 0 bridgehead atoms. The summed E-state index contributed by atoms with van der Waals surface area (Å²) in [7, 11) is -3.34. The van der Waals surface area contributed by atoms with Crippen LogP contribution in [0.5, 0.6) is 0 Å². The number of urea groups is 1. The Hall–Kier alpha value is -2.09. The molecule has 0 atom stereocenters. The Bertz CT molecular complexity index is 571. The van der Waals surface area contributed by atoms with Gasteiger partial charge in [0.2, 0.25) is 0 Å². The third-order valence-electron chi connectivity index (χ3n) is 2.60. The van der Waals surface area contributed by atoms with E-state index in [4.69, 9.17) is 5.11 Å². The highest BCUT2D eigenvalue weighted by molar-refractivity contribution is 7.91. The molecule has 2 amide bonds. The summed E-state index contributed by atoms with van der Waals surface area (Å²) >= 11 is 0. The average Bonchev–Trinajstić information content (AvgIpc) is 2.44. The van der Waals surface area contributed by atoms with E-state index >= 15 is 0 Å². The molecule has 0 radical (unpaired) electrons. The normalized spacial score (nSPS) is 10.9. The largest absolute Gasteiger partial charge is 0.481 e. The van der Waals surface area contributed by atoms with Gasteiger partial charge in [0.15, 0.2) is 9.84 Å². The minimum atomic E-state index is -3.34. The highest BCUT2D eigenvalue weighted by Gasteiger charge is 2.13. The molecule has 0 spiro atoms. The van der Waals surface area contributed by atoms with E-state index in [-0.39, 0.29) is 36.6 Å². The molecule has 0 heterocycles. The Kier molecular flexibility index (Phi) is 6.67. The monoisotopic (exact) mass is 314 g/mol. The van der Waals surface area contributed by atoms with Gasteiger partial charge in [0.25, 0.3) is 0 Å². The van der Waals surface area contributed by atoms with Crippen LogP contribution in [-0.2, 0) is 14.6 Å². The van der Waals surface area contributed by atoms with E-state index in [9.17, 15) is 18.0 Å². The molecule has 0 fully saturated rings. The summed E-state index contributed by atoms with van der Waals surface area (Å²) in [4.78, 5) is 21.8. The molecule has 0 aliphatic rings. The quantitative estimate of drug-likeness (QED) is 0.609. The predicted molar refractivity (Wildman–Crippen MR) is 76.8 cm³/mol. The van der Waals surface area contributed by atoms with Crippen molar-refractivity contribution in [3.8, 4) is 0 Å². The van der Waals surface area contributed by atoms with Gasteiger partial charge < -0.3 is 15.7 Å². The van der Waals surface area contributed by atoms with Crippen LogP contribution in [0.15, 0.2) is 35.2 Å². The third kappa shape index (κ3) is 6.75. The molecule has 0 aliphatic carbocycles. The van der Waals surface area contributed by atoms with Crippen LogP contribution >= 0.6 is 0 Å². The molecule has 21 heavy (non-hydrogen) atoms. The highest BCUT2D eigenvalue weighted by atomic mass is 32.2. The van der Waals surface area contributed by atoms with E-state index in [1.54, 1.807) is 18.2 Å². The van der Waals surface area contributed by atoms with Crippen molar-refractivity contribution in [3.05, 3.63) is 30.3 Å². The first-order valence-corrected chi connectivity index (χ1v) is 8.08. The van der Waals surface area contributed by atoms with Crippen molar-refractivity contribution in [1.82, 2.24) is 10.6 Å². The Morgan fingerprint density at radius 2 is 1.67 bits per heavy atom. The van der Waals surface area contributed by atoms with Crippen molar-refractivity contribution < 1.29 is 23.1 Å². The number of aliphatic carboxylic acids is 1. The van der Waals surface area contributed by atoms with Gasteiger partial charge in [-0.2, -0.15) is 0 Å². The van der Waals surface area contributed by atoms with Gasteiger partial charge in [-0.15, -0.1) is 0 Å². The van der Waals surface area contributed by atoms with Crippen molar-refractivity contribution in [1.29, 1.82) is 0 Å². The number of sulfone groups is 1. The molecule has 116 valence electrons. The van der Waals surface area contributed by atoms with Crippen LogP contribution < -0.4 is 10.6 Å². The van der Waals surface area contributed by atoms with Crippen LogP contribution in [0.1, 0.15) is 12.8 Å². The molecule has 8 heteroatoms. The molecule has 7 nitrogen and oxygen atoms in total. The van der Waals surface area contributed by atoms with Crippen LogP contribution in [0.3, 0.4) is 0 Å². The van der Waals surface area contributed by atoms with Gasteiger partial charge in [-0.3, -0.25) is 4.79 Å². The molecule has 0 unspecified atom stereocenters. The Labute approximate surface area is 123 Å². The van der Waals surface area contributed by atoms with Crippen molar-refractivity contribution in [2.45, 2.75) is 17.7 Å². The van der Waals surface area contributed by atoms with Crippen LogP contribution in [-0.4, -0.2) is 44.4 Å². The number of carbonyl (C=O) groups is 2. The summed E-state index contributed by atoms with van der Waals surface area (Å²) in [6.45, 7) is 0.231. The summed E-state index contributed by atoms with van der Waals surface area (Å²) in [6.07, 6.45) is 0.124. The molecule has 0 saturated heterocycles. The van der Waals surface area contributed by atoms with E-state index in [2.05, 4.69) is 10.6 Å². The number of hydrogen-bond donors (Lipinski definition) is 3. The first-order chi connectivity index (χ1) is 9.92. The zero-order valence-electron chi connectivity index (χ0n) is 11.4. The first-order valence-electron chi connectivity index (χ1n) is 6.43. The van der Waals surface area contributed by atoms with Gasteiger partial charge in [0.1, 0.15) is 0 Å². The minimum absolute atomic E-state index is 0.0312. The maximum Gasteiger partial charge on any atom is 0.314 e. The summed E-state index contributed by atoms with van der Waals surface area (Å²) in [6, 6.07) is 7.60. The second-order valence-electron chi connectivity index (χ2n) is 4.31. The predicted octanol–water partition coefficient (Wildman–Crippen LogP) is 0.624.